The van der Waals surface area contributed by atoms with Crippen LogP contribution in [0.1, 0.15) is 13.8 Å². The number of methoxy groups -OCH3 is 1. The van der Waals surface area contributed by atoms with Crippen LogP contribution in [0, 0.1) is 0 Å². The molecule has 0 spiro atoms. The van der Waals surface area contributed by atoms with Crippen LogP contribution in [0.25, 0.3) is 0 Å². The molecule has 1 N–H and O–H groups in total. The molecular formula is C7H15NO3. The van der Waals surface area contributed by atoms with Crippen molar-refractivity contribution < 1.29 is 14.3 Å². The molecular weight excluding hydrogens is 146 g/mol. The van der Waals surface area contributed by atoms with Gasteiger partial charge in [-0.3, -0.25) is 0 Å². The van der Waals surface area contributed by atoms with Crippen LogP contribution in [0.3, 0.4) is 0 Å². The van der Waals surface area contributed by atoms with E-state index in [2.05, 4.69) is 5.32 Å². The molecule has 0 saturated carbocycles. The maximum absolute atomic E-state index is 10.7. The van der Waals surface area contributed by atoms with Gasteiger partial charge >= 0.3 is 6.09 Å². The summed E-state index contributed by atoms with van der Waals surface area (Å²) in [6, 6.07) is 0. The third-order valence-corrected chi connectivity index (χ3v) is 1.07. The van der Waals surface area contributed by atoms with E-state index in [0.717, 1.165) is 0 Å². The molecule has 0 aromatic carbocycles. The number of rotatable bonds is 3. The van der Waals surface area contributed by atoms with E-state index in [1.54, 1.807) is 21.0 Å². The summed E-state index contributed by atoms with van der Waals surface area (Å²) in [4.78, 5) is 10.7. The number of carbonyl (C=O) groups excluding carboxylic acids is 1. The van der Waals surface area contributed by atoms with Gasteiger partial charge in [-0.15, -0.1) is 0 Å². The fourth-order valence-electron chi connectivity index (χ4n) is 0.679. The van der Waals surface area contributed by atoms with Gasteiger partial charge in [-0.05, 0) is 13.8 Å². The molecule has 66 valence electrons. The molecule has 0 aromatic heterocycles. The van der Waals surface area contributed by atoms with E-state index in [4.69, 9.17) is 9.47 Å². The van der Waals surface area contributed by atoms with Gasteiger partial charge in [-0.1, -0.05) is 0 Å². The highest BCUT2D eigenvalue weighted by molar-refractivity contribution is 5.67. The van der Waals surface area contributed by atoms with Crippen LogP contribution in [-0.4, -0.2) is 32.5 Å². The van der Waals surface area contributed by atoms with Crippen LogP contribution in [-0.2, 0) is 9.47 Å². The zero-order valence-corrected chi connectivity index (χ0v) is 7.43. The summed E-state index contributed by atoms with van der Waals surface area (Å²) in [5.41, 5.74) is -0.561. The lowest BCUT2D eigenvalue weighted by Crippen LogP contribution is -2.36. The Kier molecular flexibility index (Phi) is 3.89. The first kappa shape index (κ1) is 10.2. The Hall–Kier alpha value is -0.770. The number of amides is 1. The lowest BCUT2D eigenvalue weighted by Gasteiger charge is -2.23. The quantitative estimate of drug-likeness (QED) is 0.665. The van der Waals surface area contributed by atoms with E-state index in [-0.39, 0.29) is 0 Å². The fourth-order valence-corrected chi connectivity index (χ4v) is 0.679. The van der Waals surface area contributed by atoms with Gasteiger partial charge in [0.05, 0.1) is 6.61 Å². The Morgan fingerprint density at radius 3 is 2.45 bits per heavy atom. The smallest absolute Gasteiger partial charge is 0.407 e. The second-order valence-electron chi connectivity index (χ2n) is 2.83. The van der Waals surface area contributed by atoms with E-state index in [9.17, 15) is 4.79 Å². The van der Waals surface area contributed by atoms with Crippen LogP contribution in [0.5, 0.6) is 0 Å². The molecule has 0 aliphatic carbocycles. The van der Waals surface area contributed by atoms with E-state index in [0.29, 0.717) is 6.61 Å². The molecule has 0 aromatic rings. The second-order valence-corrected chi connectivity index (χ2v) is 2.83. The number of nitrogens with one attached hydrogen (secondary N) is 1. The molecule has 11 heavy (non-hydrogen) atoms. The van der Waals surface area contributed by atoms with Gasteiger partial charge < -0.3 is 14.8 Å². The van der Waals surface area contributed by atoms with Crippen LogP contribution in [0.4, 0.5) is 4.79 Å². The maximum Gasteiger partial charge on any atom is 0.407 e. The highest BCUT2D eigenvalue weighted by atomic mass is 16.6. The fraction of sp³-hybridized carbons (Fsp3) is 0.857. The Morgan fingerprint density at radius 1 is 1.55 bits per heavy atom. The normalized spacial score (nSPS) is 10.9. The van der Waals surface area contributed by atoms with Crippen LogP contribution in [0.15, 0.2) is 0 Å². The summed E-state index contributed by atoms with van der Waals surface area (Å²) >= 11 is 0. The topological polar surface area (TPSA) is 47.6 Å². The number of carbonyl (C=O) groups is 1. The molecule has 0 radical (unpaired) electrons. The lowest BCUT2D eigenvalue weighted by atomic mass is 10.1. The molecule has 4 heteroatoms. The number of hydrogen-bond acceptors (Lipinski definition) is 3. The zero-order chi connectivity index (χ0) is 8.91. The van der Waals surface area contributed by atoms with E-state index >= 15 is 0 Å². The lowest BCUT2D eigenvalue weighted by molar-refractivity contribution is -0.0175. The van der Waals surface area contributed by atoms with Gasteiger partial charge in [0, 0.05) is 14.2 Å². The summed E-state index contributed by atoms with van der Waals surface area (Å²) in [5.74, 6) is 0. The first-order valence-electron chi connectivity index (χ1n) is 3.41. The van der Waals surface area contributed by atoms with Gasteiger partial charge in [0.1, 0.15) is 5.60 Å². The minimum absolute atomic E-state index is 0.389. The molecule has 0 unspecified atom stereocenters. The molecule has 0 saturated heterocycles. The molecule has 0 aliphatic rings. The highest BCUT2D eigenvalue weighted by Gasteiger charge is 2.21. The number of alkyl carbamates (subject to hydrolysis) is 1. The summed E-state index contributed by atoms with van der Waals surface area (Å²) in [5, 5.41) is 2.36. The molecule has 0 aliphatic heterocycles. The summed E-state index contributed by atoms with van der Waals surface area (Å²) in [6.45, 7) is 3.96. The van der Waals surface area contributed by atoms with E-state index in [1.165, 1.54) is 7.05 Å². The van der Waals surface area contributed by atoms with Gasteiger partial charge in [0.15, 0.2) is 0 Å². The largest absolute Gasteiger partial charge is 0.441 e. The van der Waals surface area contributed by atoms with Crippen molar-refractivity contribution in [3.63, 3.8) is 0 Å². The van der Waals surface area contributed by atoms with Crippen molar-refractivity contribution in [2.45, 2.75) is 19.4 Å². The van der Waals surface area contributed by atoms with Crippen molar-refractivity contribution in [2.75, 3.05) is 20.8 Å². The average molecular weight is 161 g/mol. The molecule has 4 nitrogen and oxygen atoms in total. The average Bonchev–Trinajstić information content (AvgIpc) is 1.86. The second kappa shape index (κ2) is 4.18. The Morgan fingerprint density at radius 2 is 2.09 bits per heavy atom. The zero-order valence-electron chi connectivity index (χ0n) is 7.43. The molecule has 1 amide bonds. The van der Waals surface area contributed by atoms with Crippen molar-refractivity contribution in [3.05, 3.63) is 0 Å². The summed E-state index contributed by atoms with van der Waals surface area (Å²) < 4.78 is 9.80. The Bertz CT molecular complexity index is 134. The van der Waals surface area contributed by atoms with Crippen molar-refractivity contribution in [3.8, 4) is 0 Å². The van der Waals surface area contributed by atoms with Gasteiger partial charge in [0.25, 0.3) is 0 Å². The molecule has 0 atom stereocenters. The molecule has 0 bridgehead atoms. The van der Waals surface area contributed by atoms with Crippen molar-refractivity contribution in [2.24, 2.45) is 0 Å². The first-order valence-corrected chi connectivity index (χ1v) is 3.41. The Balaban J connectivity index is 3.80. The van der Waals surface area contributed by atoms with E-state index in [1.807, 2.05) is 0 Å². The third-order valence-electron chi connectivity index (χ3n) is 1.07. The minimum Gasteiger partial charge on any atom is -0.441 e. The van der Waals surface area contributed by atoms with Crippen LogP contribution in [0.2, 0.25) is 0 Å². The maximum atomic E-state index is 10.7. The summed E-state index contributed by atoms with van der Waals surface area (Å²) in [7, 11) is 3.08. The molecule has 0 rings (SSSR count). The summed E-state index contributed by atoms with van der Waals surface area (Å²) in [6.07, 6.45) is -0.438. The predicted octanol–water partition coefficient (Wildman–Crippen LogP) is 0.767. The minimum atomic E-state index is -0.561. The van der Waals surface area contributed by atoms with Crippen molar-refractivity contribution in [1.29, 1.82) is 0 Å². The predicted molar refractivity (Wildman–Crippen MR) is 41.5 cm³/mol. The van der Waals surface area contributed by atoms with Crippen molar-refractivity contribution in [1.82, 2.24) is 5.32 Å². The third kappa shape index (κ3) is 4.61. The van der Waals surface area contributed by atoms with E-state index < -0.39 is 11.7 Å². The number of ether oxygens (including phenoxy) is 2. The monoisotopic (exact) mass is 161 g/mol. The van der Waals surface area contributed by atoms with Gasteiger partial charge in [0.2, 0.25) is 0 Å². The molecule has 0 fully saturated rings. The number of hydrogen-bond donors (Lipinski definition) is 1. The Labute approximate surface area is 66.9 Å². The van der Waals surface area contributed by atoms with Crippen LogP contribution < -0.4 is 5.32 Å². The first-order chi connectivity index (χ1) is 5.02. The van der Waals surface area contributed by atoms with Gasteiger partial charge in [-0.2, -0.15) is 0 Å². The van der Waals surface area contributed by atoms with Gasteiger partial charge in [-0.25, -0.2) is 4.79 Å². The standard InChI is InChI=1S/C7H15NO3/c1-7(2,5-10-4)11-6(9)8-3/h5H2,1-4H3,(H,8,9). The van der Waals surface area contributed by atoms with Crippen LogP contribution >= 0.6 is 0 Å². The highest BCUT2D eigenvalue weighted by Crippen LogP contribution is 2.08. The van der Waals surface area contributed by atoms with Crippen molar-refractivity contribution >= 4 is 6.09 Å². The molecule has 0 heterocycles. The SMILES string of the molecule is CNC(=O)OC(C)(C)COC.